The minimum Gasteiger partial charge on any atom is -0.337 e. The van der Waals surface area contributed by atoms with Crippen molar-refractivity contribution in [1.82, 2.24) is 19.7 Å². The van der Waals surface area contributed by atoms with Crippen LogP contribution in [0.3, 0.4) is 0 Å². The summed E-state index contributed by atoms with van der Waals surface area (Å²) in [7, 11) is 0. The van der Waals surface area contributed by atoms with Gasteiger partial charge >= 0.3 is 0 Å². The molecule has 0 radical (unpaired) electrons. The zero-order chi connectivity index (χ0) is 18.1. The van der Waals surface area contributed by atoms with E-state index in [0.717, 1.165) is 29.5 Å². The van der Waals surface area contributed by atoms with Crippen LogP contribution in [0.5, 0.6) is 0 Å². The molecule has 1 amide bonds. The van der Waals surface area contributed by atoms with Crippen molar-refractivity contribution in [2.75, 3.05) is 5.75 Å². The number of piperidine rings is 1. The van der Waals surface area contributed by atoms with E-state index in [-0.39, 0.29) is 5.91 Å². The van der Waals surface area contributed by atoms with E-state index in [1.54, 1.807) is 0 Å². The minimum atomic E-state index is 0.213. The van der Waals surface area contributed by atoms with Gasteiger partial charge in [0, 0.05) is 23.7 Å². The summed E-state index contributed by atoms with van der Waals surface area (Å²) < 4.78 is 2.14. The molecule has 0 spiro atoms. The van der Waals surface area contributed by atoms with Crippen LogP contribution in [0.25, 0.3) is 5.69 Å². The van der Waals surface area contributed by atoms with E-state index in [4.69, 9.17) is 0 Å². The third-order valence-electron chi connectivity index (χ3n) is 5.42. The molecule has 2 aliphatic rings. The van der Waals surface area contributed by atoms with Crippen LogP contribution in [0.4, 0.5) is 0 Å². The summed E-state index contributed by atoms with van der Waals surface area (Å²) in [6.45, 7) is 4.33. The molecular formula is C20H26N4OS. The average molecular weight is 371 g/mol. The third-order valence-corrected chi connectivity index (χ3v) is 6.34. The molecule has 1 aliphatic carbocycles. The van der Waals surface area contributed by atoms with Crippen molar-refractivity contribution in [2.24, 2.45) is 0 Å². The lowest BCUT2D eigenvalue weighted by atomic mass is 9.98. The number of nitrogens with zero attached hydrogens (tertiary/aromatic N) is 4. The smallest absolute Gasteiger partial charge is 0.233 e. The first-order chi connectivity index (χ1) is 12.6. The van der Waals surface area contributed by atoms with E-state index in [1.807, 2.05) is 18.2 Å². The highest BCUT2D eigenvalue weighted by molar-refractivity contribution is 7.99. The summed E-state index contributed by atoms with van der Waals surface area (Å²) in [6.07, 6.45) is 5.78. The van der Waals surface area contributed by atoms with Gasteiger partial charge < -0.3 is 4.90 Å². The summed E-state index contributed by atoms with van der Waals surface area (Å²) >= 11 is 1.51. The second kappa shape index (κ2) is 7.43. The van der Waals surface area contributed by atoms with Crippen LogP contribution in [0.15, 0.2) is 35.5 Å². The molecule has 2 heterocycles. The van der Waals surface area contributed by atoms with Crippen LogP contribution in [0, 0.1) is 0 Å². The second-order valence-corrected chi connectivity index (χ2v) is 8.45. The van der Waals surface area contributed by atoms with Gasteiger partial charge in [0.05, 0.1) is 5.75 Å². The Kier molecular flexibility index (Phi) is 5.02. The number of carbonyl (C=O) groups excluding carboxylic acids is 1. The third kappa shape index (κ3) is 3.52. The summed E-state index contributed by atoms with van der Waals surface area (Å²) in [5.74, 6) is 2.18. The zero-order valence-electron chi connectivity index (χ0n) is 15.5. The highest BCUT2D eigenvalue weighted by Gasteiger charge is 2.32. The number of amides is 1. The molecular weight excluding hydrogens is 344 g/mol. The van der Waals surface area contributed by atoms with Crippen molar-refractivity contribution in [1.29, 1.82) is 0 Å². The number of rotatable bonds is 5. The summed E-state index contributed by atoms with van der Waals surface area (Å²) in [5, 5.41) is 9.68. The van der Waals surface area contributed by atoms with Crippen molar-refractivity contribution in [3.05, 3.63) is 36.2 Å². The number of aromatic nitrogens is 3. The number of para-hydroxylation sites is 1. The summed E-state index contributed by atoms with van der Waals surface area (Å²) in [5.41, 5.74) is 1.08. The second-order valence-electron chi connectivity index (χ2n) is 7.50. The van der Waals surface area contributed by atoms with Gasteiger partial charge in [-0.1, -0.05) is 30.0 Å². The molecule has 2 aromatic rings. The molecule has 0 unspecified atom stereocenters. The first kappa shape index (κ1) is 17.6. The molecule has 1 saturated carbocycles. The molecule has 138 valence electrons. The predicted molar refractivity (Wildman–Crippen MR) is 104 cm³/mol. The fraction of sp³-hybridized carbons (Fsp3) is 0.550. The fourth-order valence-electron chi connectivity index (χ4n) is 3.91. The van der Waals surface area contributed by atoms with Gasteiger partial charge in [-0.15, -0.1) is 10.2 Å². The number of likely N-dealkylation sites (tertiary alicyclic amines) is 1. The van der Waals surface area contributed by atoms with Crippen molar-refractivity contribution >= 4 is 17.7 Å². The Labute approximate surface area is 159 Å². The van der Waals surface area contributed by atoms with Gasteiger partial charge in [-0.25, -0.2) is 0 Å². The maximum absolute atomic E-state index is 12.8. The maximum Gasteiger partial charge on any atom is 0.233 e. The molecule has 1 aliphatic heterocycles. The largest absolute Gasteiger partial charge is 0.337 e. The van der Waals surface area contributed by atoms with Crippen molar-refractivity contribution in [2.45, 2.75) is 69.1 Å². The average Bonchev–Trinajstić information content (AvgIpc) is 3.40. The quantitative estimate of drug-likeness (QED) is 0.746. The van der Waals surface area contributed by atoms with Crippen LogP contribution in [-0.4, -0.2) is 43.4 Å². The molecule has 26 heavy (non-hydrogen) atoms. The molecule has 5 nitrogen and oxygen atoms in total. The molecule has 1 saturated heterocycles. The predicted octanol–water partition coefficient (Wildman–Crippen LogP) is 4.03. The molecule has 6 heteroatoms. The highest BCUT2D eigenvalue weighted by atomic mass is 32.2. The Morgan fingerprint density at radius 1 is 1.08 bits per heavy atom. The normalized spacial score (nSPS) is 23.2. The van der Waals surface area contributed by atoms with Gasteiger partial charge in [-0.3, -0.25) is 9.36 Å². The SMILES string of the molecule is C[C@H]1CCC[C@H](C)N1C(=O)CSc1nnc(C2CC2)n1-c1ccccc1. The van der Waals surface area contributed by atoms with Gasteiger partial charge in [-0.2, -0.15) is 0 Å². The van der Waals surface area contributed by atoms with Crippen LogP contribution in [-0.2, 0) is 4.79 Å². The molecule has 0 bridgehead atoms. The number of hydrogen-bond acceptors (Lipinski definition) is 4. The van der Waals surface area contributed by atoms with Crippen molar-refractivity contribution < 1.29 is 4.79 Å². The van der Waals surface area contributed by atoms with E-state index in [9.17, 15) is 4.79 Å². The van der Waals surface area contributed by atoms with E-state index in [1.165, 1.54) is 31.0 Å². The van der Waals surface area contributed by atoms with Crippen LogP contribution in [0.2, 0.25) is 0 Å². The maximum atomic E-state index is 12.8. The summed E-state index contributed by atoms with van der Waals surface area (Å²) in [4.78, 5) is 14.9. The van der Waals surface area contributed by atoms with Gasteiger partial charge in [0.1, 0.15) is 5.82 Å². The van der Waals surface area contributed by atoms with Gasteiger partial charge in [-0.05, 0) is 58.1 Å². The first-order valence-corrected chi connectivity index (χ1v) is 10.6. The fourth-order valence-corrected chi connectivity index (χ4v) is 4.74. The molecule has 1 aromatic carbocycles. The van der Waals surface area contributed by atoms with Crippen molar-refractivity contribution in [3.8, 4) is 5.69 Å². The number of hydrogen-bond donors (Lipinski definition) is 0. The van der Waals surface area contributed by atoms with Crippen LogP contribution < -0.4 is 0 Å². The van der Waals surface area contributed by atoms with E-state index in [2.05, 4.69) is 45.6 Å². The lowest BCUT2D eigenvalue weighted by Gasteiger charge is -2.39. The Morgan fingerprint density at radius 3 is 2.42 bits per heavy atom. The molecule has 0 N–H and O–H groups in total. The van der Waals surface area contributed by atoms with E-state index >= 15 is 0 Å². The zero-order valence-corrected chi connectivity index (χ0v) is 16.3. The molecule has 4 rings (SSSR count). The van der Waals surface area contributed by atoms with Gasteiger partial charge in [0.2, 0.25) is 5.91 Å². The Balaban J connectivity index is 1.53. The van der Waals surface area contributed by atoms with Crippen LogP contribution >= 0.6 is 11.8 Å². The van der Waals surface area contributed by atoms with Crippen molar-refractivity contribution in [3.63, 3.8) is 0 Å². The van der Waals surface area contributed by atoms with E-state index in [0.29, 0.717) is 23.8 Å². The molecule has 1 aromatic heterocycles. The number of thioether (sulfide) groups is 1. The van der Waals surface area contributed by atoms with Crippen LogP contribution in [0.1, 0.15) is 57.7 Å². The topological polar surface area (TPSA) is 51.0 Å². The molecule has 2 atom stereocenters. The Morgan fingerprint density at radius 2 is 1.77 bits per heavy atom. The van der Waals surface area contributed by atoms with Gasteiger partial charge in [0.25, 0.3) is 0 Å². The lowest BCUT2D eigenvalue weighted by Crippen LogP contribution is -2.48. The van der Waals surface area contributed by atoms with Gasteiger partial charge in [0.15, 0.2) is 5.16 Å². The first-order valence-electron chi connectivity index (χ1n) is 9.60. The Hall–Kier alpha value is -1.82. The summed E-state index contributed by atoms with van der Waals surface area (Å²) in [6, 6.07) is 10.9. The number of benzene rings is 1. The number of carbonyl (C=O) groups is 1. The highest BCUT2D eigenvalue weighted by Crippen LogP contribution is 2.41. The monoisotopic (exact) mass is 370 g/mol. The minimum absolute atomic E-state index is 0.213. The lowest BCUT2D eigenvalue weighted by molar-refractivity contribution is -0.134. The van der Waals surface area contributed by atoms with E-state index < -0.39 is 0 Å². The molecule has 2 fully saturated rings. The standard InChI is InChI=1S/C20H26N4OS/c1-14-7-6-8-15(2)23(14)18(25)13-26-20-22-21-19(16-11-12-16)24(20)17-9-4-3-5-10-17/h3-5,9-10,14-16H,6-8,11-13H2,1-2H3/t14-,15-/m0/s1. The Bertz CT molecular complexity index is 761.